The van der Waals surface area contributed by atoms with Crippen LogP contribution in [0.15, 0.2) is 18.2 Å². The van der Waals surface area contributed by atoms with Crippen LogP contribution in [0.25, 0.3) is 5.57 Å². The minimum absolute atomic E-state index is 0.0200. The predicted molar refractivity (Wildman–Crippen MR) is 123 cm³/mol. The number of fused-ring (bicyclic) bond motifs is 3. The number of hydrogen-bond donors (Lipinski definition) is 2. The van der Waals surface area contributed by atoms with E-state index in [2.05, 4.69) is 4.98 Å². The number of ether oxygens (including phenoxy) is 1. The molecule has 3 aliphatic heterocycles. The zero-order chi connectivity index (χ0) is 23.9. The normalized spacial score (nSPS) is 30.1. The zero-order valence-corrected chi connectivity index (χ0v) is 20.0. The molecule has 1 aliphatic carbocycles. The van der Waals surface area contributed by atoms with Crippen LogP contribution in [0, 0.1) is 5.92 Å². The lowest BCUT2D eigenvalue weighted by Gasteiger charge is -2.41. The van der Waals surface area contributed by atoms with Gasteiger partial charge in [0, 0.05) is 32.0 Å². The molecule has 11 heteroatoms. The Labute approximate surface area is 193 Å². The van der Waals surface area contributed by atoms with Gasteiger partial charge in [0.05, 0.1) is 11.7 Å². The molecule has 1 saturated carbocycles. The van der Waals surface area contributed by atoms with Gasteiger partial charge in [-0.25, -0.2) is 27.2 Å². The molecular weight excluding hydrogens is 454 g/mol. The number of halogens is 2. The van der Waals surface area contributed by atoms with Gasteiger partial charge in [-0.2, -0.15) is 0 Å². The van der Waals surface area contributed by atoms with Crippen molar-refractivity contribution >= 4 is 34.1 Å². The third-order valence-corrected chi connectivity index (χ3v) is 8.60. The first-order valence-corrected chi connectivity index (χ1v) is 12.6. The van der Waals surface area contributed by atoms with Gasteiger partial charge in [0.25, 0.3) is 5.92 Å². The molecule has 3 atom stereocenters. The van der Waals surface area contributed by atoms with Crippen LogP contribution in [-0.2, 0) is 4.74 Å². The fraction of sp³-hybridized carbons (Fsp3) is 0.636. The fourth-order valence-corrected chi connectivity index (χ4v) is 6.38. The number of aromatic nitrogens is 1. The molecule has 1 aromatic rings. The van der Waals surface area contributed by atoms with Crippen molar-refractivity contribution in [2.24, 2.45) is 5.92 Å². The summed E-state index contributed by atoms with van der Waals surface area (Å²) in [7, 11) is -1.93. The van der Waals surface area contributed by atoms with Crippen LogP contribution >= 0.6 is 11.0 Å². The van der Waals surface area contributed by atoms with E-state index in [-0.39, 0.29) is 31.1 Å². The Bertz CT molecular complexity index is 1030. The molecule has 4 aliphatic rings. The lowest BCUT2D eigenvalue weighted by molar-refractivity contribution is 0.0175. The SMILES string of the molecule is CN1c2nc(C3=CC4CCC(C3)N4C(=O)OC(C)(C)C)ccc2N(CC2CC2(F)F)S1(O)O. The van der Waals surface area contributed by atoms with Gasteiger partial charge in [0.15, 0.2) is 5.82 Å². The van der Waals surface area contributed by atoms with Crippen LogP contribution in [0.2, 0.25) is 0 Å². The number of anilines is 2. The first-order valence-electron chi connectivity index (χ1n) is 11.2. The van der Waals surface area contributed by atoms with Crippen molar-refractivity contribution in [1.82, 2.24) is 9.88 Å². The van der Waals surface area contributed by atoms with Crippen LogP contribution in [0.5, 0.6) is 0 Å². The van der Waals surface area contributed by atoms with E-state index in [9.17, 15) is 22.7 Å². The number of carbonyl (C=O) groups is 1. The monoisotopic (exact) mass is 484 g/mol. The van der Waals surface area contributed by atoms with Gasteiger partial charge in [0.2, 0.25) is 0 Å². The molecule has 5 rings (SSSR count). The second kappa shape index (κ2) is 7.19. The van der Waals surface area contributed by atoms with Crippen molar-refractivity contribution in [1.29, 1.82) is 0 Å². The smallest absolute Gasteiger partial charge is 0.411 e. The number of rotatable bonds is 3. The standard InChI is InChI=1S/C22H30F2N4O4S/c1-21(2,3)32-20(29)28-15-5-6-16(28)10-13(9-15)17-7-8-18-19(25-17)26(4)33(30,31)27(18)12-14-11-22(14,23)24/h7-9,14-16,30-31H,5-6,10-12H2,1-4H3. The lowest BCUT2D eigenvalue weighted by Crippen LogP contribution is -2.45. The van der Waals surface area contributed by atoms with E-state index in [1.165, 1.54) is 15.7 Å². The summed E-state index contributed by atoms with van der Waals surface area (Å²) in [5.41, 5.74) is 1.56. The number of carbonyl (C=O) groups excluding carboxylic acids is 1. The Hall–Kier alpha value is -2.11. The lowest BCUT2D eigenvalue weighted by atomic mass is 9.98. The minimum atomic E-state index is -3.44. The fourth-order valence-electron chi connectivity index (χ4n) is 4.93. The van der Waals surface area contributed by atoms with Crippen molar-refractivity contribution in [3.8, 4) is 0 Å². The van der Waals surface area contributed by atoms with Gasteiger partial charge in [-0.05, 0) is 68.7 Å². The van der Waals surface area contributed by atoms with E-state index >= 15 is 0 Å². The summed E-state index contributed by atoms with van der Waals surface area (Å²) >= 11 is 0. The molecule has 0 radical (unpaired) electrons. The molecule has 1 saturated heterocycles. The van der Waals surface area contributed by atoms with Crippen molar-refractivity contribution in [2.75, 3.05) is 22.2 Å². The summed E-state index contributed by atoms with van der Waals surface area (Å²) in [4.78, 5) is 19.2. The summed E-state index contributed by atoms with van der Waals surface area (Å²) < 4.78 is 56.5. The van der Waals surface area contributed by atoms with E-state index in [1.54, 1.807) is 12.1 Å². The minimum Gasteiger partial charge on any atom is -0.444 e. The van der Waals surface area contributed by atoms with E-state index < -0.39 is 28.4 Å². The number of pyridine rings is 1. The third-order valence-electron chi connectivity index (χ3n) is 6.76. The largest absolute Gasteiger partial charge is 0.444 e. The molecular formula is C22H30F2N4O4S. The van der Waals surface area contributed by atoms with Crippen molar-refractivity contribution in [3.63, 3.8) is 0 Å². The van der Waals surface area contributed by atoms with Gasteiger partial charge in [-0.3, -0.25) is 14.0 Å². The highest BCUT2D eigenvalue weighted by atomic mass is 32.3. The average Bonchev–Trinajstić information content (AvgIpc) is 3.15. The second-order valence-electron chi connectivity index (χ2n) is 10.3. The summed E-state index contributed by atoms with van der Waals surface area (Å²) in [6, 6.07) is 3.46. The first-order chi connectivity index (χ1) is 15.3. The second-order valence-corrected chi connectivity index (χ2v) is 12.3. The molecule has 8 nitrogen and oxygen atoms in total. The molecule has 2 N–H and O–H groups in total. The van der Waals surface area contributed by atoms with E-state index in [4.69, 9.17) is 4.74 Å². The van der Waals surface area contributed by atoms with Crippen LogP contribution in [0.4, 0.5) is 25.1 Å². The first kappa shape index (κ1) is 22.7. The Kier molecular flexibility index (Phi) is 4.94. The Morgan fingerprint density at radius 2 is 2.00 bits per heavy atom. The maximum absolute atomic E-state index is 13.5. The van der Waals surface area contributed by atoms with Gasteiger partial charge in [0.1, 0.15) is 11.3 Å². The van der Waals surface area contributed by atoms with Crippen molar-refractivity contribution in [3.05, 3.63) is 23.9 Å². The molecule has 182 valence electrons. The quantitative estimate of drug-likeness (QED) is 0.615. The molecule has 2 bridgehead atoms. The van der Waals surface area contributed by atoms with E-state index in [0.717, 1.165) is 18.4 Å². The molecule has 0 aromatic carbocycles. The summed E-state index contributed by atoms with van der Waals surface area (Å²) in [6.07, 6.45) is 3.83. The zero-order valence-electron chi connectivity index (χ0n) is 19.2. The average molecular weight is 485 g/mol. The summed E-state index contributed by atoms with van der Waals surface area (Å²) in [6.45, 7) is 5.41. The molecule has 0 spiro atoms. The maximum Gasteiger partial charge on any atom is 0.411 e. The van der Waals surface area contributed by atoms with Crippen molar-refractivity contribution in [2.45, 2.75) is 70.1 Å². The van der Waals surface area contributed by atoms with Crippen molar-refractivity contribution < 1.29 is 27.4 Å². The Morgan fingerprint density at radius 1 is 1.30 bits per heavy atom. The Morgan fingerprint density at radius 3 is 2.61 bits per heavy atom. The topological polar surface area (TPSA) is 89.4 Å². The Balaban J connectivity index is 1.40. The van der Waals surface area contributed by atoms with Gasteiger partial charge >= 0.3 is 6.09 Å². The van der Waals surface area contributed by atoms with Gasteiger partial charge in [-0.15, -0.1) is 0 Å². The molecule has 1 aromatic heterocycles. The molecule has 3 unspecified atom stereocenters. The van der Waals surface area contributed by atoms with Crippen LogP contribution < -0.4 is 8.61 Å². The molecule has 33 heavy (non-hydrogen) atoms. The maximum atomic E-state index is 13.5. The highest BCUT2D eigenvalue weighted by molar-refractivity contribution is 8.26. The number of nitrogens with zero attached hydrogens (tertiary/aromatic N) is 4. The van der Waals surface area contributed by atoms with Crippen LogP contribution in [0.1, 0.15) is 52.1 Å². The third kappa shape index (κ3) is 3.83. The highest BCUT2D eigenvalue weighted by Gasteiger charge is 2.59. The van der Waals surface area contributed by atoms with Gasteiger partial charge in [-0.1, -0.05) is 6.08 Å². The highest BCUT2D eigenvalue weighted by Crippen LogP contribution is 2.62. The summed E-state index contributed by atoms with van der Waals surface area (Å²) in [5, 5.41) is 0. The number of hydrogen-bond acceptors (Lipinski definition) is 7. The van der Waals surface area contributed by atoms with E-state index in [1.807, 2.05) is 31.7 Å². The molecule has 4 heterocycles. The molecule has 2 fully saturated rings. The van der Waals surface area contributed by atoms with Gasteiger partial charge < -0.3 is 4.74 Å². The number of amides is 1. The predicted octanol–water partition coefficient (Wildman–Crippen LogP) is 5.13. The summed E-state index contributed by atoms with van der Waals surface area (Å²) in [5.74, 6) is -3.28. The molecule has 1 amide bonds. The number of alkyl halides is 2. The van der Waals surface area contributed by atoms with Crippen LogP contribution in [0.3, 0.4) is 0 Å². The van der Waals surface area contributed by atoms with Crippen LogP contribution in [-0.4, -0.2) is 62.3 Å². The van der Waals surface area contributed by atoms with E-state index in [0.29, 0.717) is 23.6 Å².